The second-order valence-electron chi connectivity index (χ2n) is 6.82. The molecular weight excluding hydrogens is 414 g/mol. The van der Waals surface area contributed by atoms with E-state index in [-0.39, 0.29) is 16.2 Å². The predicted molar refractivity (Wildman–Crippen MR) is 121 cm³/mol. The van der Waals surface area contributed by atoms with Crippen LogP contribution in [0.25, 0.3) is 12.2 Å². The summed E-state index contributed by atoms with van der Waals surface area (Å²) in [5.41, 5.74) is 2.50. The number of amides is 1. The standard InChI is InChI=1S/C23H23N3O4S/c1-26(2)31(28,29)22-16-18(11-13-21(22)30-3)23(27)25-20-9-6-7-17(15-20)10-12-19-8-4-5-14-24-19/h4-16H,1-3H3,(H,25,27)/b12-10+. The van der Waals surface area contributed by atoms with E-state index in [2.05, 4.69) is 10.3 Å². The van der Waals surface area contributed by atoms with E-state index < -0.39 is 15.9 Å². The van der Waals surface area contributed by atoms with E-state index in [1.165, 1.54) is 39.4 Å². The van der Waals surface area contributed by atoms with Crippen LogP contribution in [0.2, 0.25) is 0 Å². The zero-order valence-electron chi connectivity index (χ0n) is 17.4. The van der Waals surface area contributed by atoms with Gasteiger partial charge >= 0.3 is 0 Å². The first-order valence-electron chi connectivity index (χ1n) is 9.42. The van der Waals surface area contributed by atoms with Gasteiger partial charge in [0.25, 0.3) is 5.91 Å². The molecule has 0 fully saturated rings. The molecule has 1 aromatic heterocycles. The highest BCUT2D eigenvalue weighted by atomic mass is 32.2. The summed E-state index contributed by atoms with van der Waals surface area (Å²) in [6.45, 7) is 0. The molecule has 3 aromatic rings. The number of aromatic nitrogens is 1. The van der Waals surface area contributed by atoms with Gasteiger partial charge in [-0.25, -0.2) is 12.7 Å². The van der Waals surface area contributed by atoms with Crippen LogP contribution in [0.4, 0.5) is 5.69 Å². The van der Waals surface area contributed by atoms with E-state index in [9.17, 15) is 13.2 Å². The Morgan fingerprint density at radius 1 is 1.03 bits per heavy atom. The van der Waals surface area contributed by atoms with E-state index in [1.807, 2.05) is 48.6 Å². The molecule has 0 spiro atoms. The fourth-order valence-electron chi connectivity index (χ4n) is 2.80. The Balaban J connectivity index is 1.83. The topological polar surface area (TPSA) is 88.6 Å². The van der Waals surface area contributed by atoms with E-state index in [4.69, 9.17) is 4.74 Å². The summed E-state index contributed by atoms with van der Waals surface area (Å²) in [6.07, 6.45) is 5.49. The monoisotopic (exact) mass is 437 g/mol. The van der Waals surface area contributed by atoms with E-state index in [1.54, 1.807) is 12.3 Å². The lowest BCUT2D eigenvalue weighted by Gasteiger charge is -2.15. The molecule has 3 rings (SSSR count). The number of pyridine rings is 1. The number of hydrogen-bond donors (Lipinski definition) is 1. The number of carbonyl (C=O) groups excluding carboxylic acids is 1. The number of hydrogen-bond acceptors (Lipinski definition) is 5. The molecule has 31 heavy (non-hydrogen) atoms. The van der Waals surface area contributed by atoms with Crippen molar-refractivity contribution >= 4 is 33.8 Å². The van der Waals surface area contributed by atoms with E-state index in [0.29, 0.717) is 5.69 Å². The molecule has 0 bridgehead atoms. The van der Waals surface area contributed by atoms with Crippen molar-refractivity contribution in [1.82, 2.24) is 9.29 Å². The highest BCUT2D eigenvalue weighted by Crippen LogP contribution is 2.27. The van der Waals surface area contributed by atoms with Gasteiger partial charge in [-0.05, 0) is 54.1 Å². The minimum absolute atomic E-state index is 0.0697. The Labute approximate surface area is 182 Å². The van der Waals surface area contributed by atoms with Crippen LogP contribution in [0.5, 0.6) is 5.75 Å². The van der Waals surface area contributed by atoms with Gasteiger partial charge in [0.05, 0.1) is 12.8 Å². The normalized spacial score (nSPS) is 11.6. The van der Waals surface area contributed by atoms with E-state index >= 15 is 0 Å². The van der Waals surface area contributed by atoms with Crippen LogP contribution in [0.1, 0.15) is 21.6 Å². The molecule has 8 heteroatoms. The summed E-state index contributed by atoms with van der Waals surface area (Å²) in [4.78, 5) is 16.9. The third-order valence-electron chi connectivity index (χ3n) is 4.46. The van der Waals surface area contributed by atoms with E-state index in [0.717, 1.165) is 15.6 Å². The third-order valence-corrected chi connectivity index (χ3v) is 6.30. The van der Waals surface area contributed by atoms with Crippen molar-refractivity contribution in [2.45, 2.75) is 4.90 Å². The Morgan fingerprint density at radius 2 is 1.84 bits per heavy atom. The molecule has 0 saturated carbocycles. The number of ether oxygens (including phenoxy) is 1. The number of rotatable bonds is 7. The number of nitrogens with one attached hydrogen (secondary N) is 1. The van der Waals surface area contributed by atoms with Gasteiger partial charge in [-0.2, -0.15) is 0 Å². The molecule has 1 heterocycles. The Bertz CT molecular complexity index is 1210. The zero-order chi connectivity index (χ0) is 22.4. The number of anilines is 1. The van der Waals surface area contributed by atoms with Gasteiger partial charge in [-0.1, -0.05) is 24.3 Å². The number of carbonyl (C=O) groups is 1. The van der Waals surface area contributed by atoms with Crippen LogP contribution in [0.3, 0.4) is 0 Å². The predicted octanol–water partition coefficient (Wildman–Crippen LogP) is 3.76. The van der Waals surface area contributed by atoms with Crippen molar-refractivity contribution in [3.63, 3.8) is 0 Å². The van der Waals surface area contributed by atoms with Crippen LogP contribution < -0.4 is 10.1 Å². The number of methoxy groups -OCH3 is 1. The van der Waals surface area contributed by atoms with Crippen LogP contribution >= 0.6 is 0 Å². The molecule has 0 atom stereocenters. The van der Waals surface area contributed by atoms with Crippen LogP contribution in [0.15, 0.2) is 71.8 Å². The zero-order valence-corrected chi connectivity index (χ0v) is 18.3. The van der Waals surface area contributed by atoms with Gasteiger partial charge in [0.15, 0.2) is 0 Å². The molecule has 0 aliphatic carbocycles. The molecule has 0 saturated heterocycles. The second-order valence-corrected chi connectivity index (χ2v) is 8.94. The molecule has 160 valence electrons. The highest BCUT2D eigenvalue weighted by Gasteiger charge is 2.24. The van der Waals surface area contributed by atoms with Crippen molar-refractivity contribution in [2.75, 3.05) is 26.5 Å². The van der Waals surface area contributed by atoms with Gasteiger partial charge in [0.2, 0.25) is 10.0 Å². The summed E-state index contributed by atoms with van der Waals surface area (Å²) in [7, 11) is 0.451. The molecule has 1 N–H and O–H groups in total. The SMILES string of the molecule is COc1ccc(C(=O)Nc2cccc(/C=C/c3ccccn3)c2)cc1S(=O)(=O)N(C)C. The summed E-state index contributed by atoms with van der Waals surface area (Å²) in [6, 6.07) is 17.3. The van der Waals surface area contributed by atoms with Crippen molar-refractivity contribution in [1.29, 1.82) is 0 Å². The molecule has 0 unspecified atom stereocenters. The van der Waals surface area contributed by atoms with Crippen molar-refractivity contribution in [2.24, 2.45) is 0 Å². The largest absolute Gasteiger partial charge is 0.495 e. The molecular formula is C23H23N3O4S. The van der Waals surface area contributed by atoms with Crippen molar-refractivity contribution < 1.29 is 17.9 Å². The molecule has 0 aliphatic heterocycles. The minimum atomic E-state index is -3.78. The molecule has 7 nitrogen and oxygen atoms in total. The number of benzene rings is 2. The van der Waals surface area contributed by atoms with Crippen molar-refractivity contribution in [3.05, 3.63) is 83.7 Å². The van der Waals surface area contributed by atoms with Crippen LogP contribution in [-0.2, 0) is 10.0 Å². The maximum Gasteiger partial charge on any atom is 0.255 e. The van der Waals surface area contributed by atoms with Gasteiger partial charge in [0, 0.05) is 31.5 Å². The Kier molecular flexibility index (Phi) is 6.84. The first-order valence-corrected chi connectivity index (χ1v) is 10.9. The lowest BCUT2D eigenvalue weighted by Crippen LogP contribution is -2.23. The van der Waals surface area contributed by atoms with Gasteiger partial charge < -0.3 is 10.1 Å². The summed E-state index contributed by atoms with van der Waals surface area (Å²) >= 11 is 0. The Morgan fingerprint density at radius 3 is 2.52 bits per heavy atom. The average molecular weight is 438 g/mol. The van der Waals surface area contributed by atoms with Gasteiger partial charge in [-0.15, -0.1) is 0 Å². The minimum Gasteiger partial charge on any atom is -0.495 e. The van der Waals surface area contributed by atoms with Gasteiger partial charge in [0.1, 0.15) is 10.6 Å². The first kappa shape index (κ1) is 22.2. The molecule has 0 aliphatic rings. The smallest absolute Gasteiger partial charge is 0.255 e. The summed E-state index contributed by atoms with van der Waals surface area (Å²) < 4.78 is 31.4. The molecule has 1 amide bonds. The fourth-order valence-corrected chi connectivity index (χ4v) is 3.87. The maximum absolute atomic E-state index is 12.8. The fraction of sp³-hybridized carbons (Fsp3) is 0.130. The number of nitrogens with zero attached hydrogens (tertiary/aromatic N) is 2. The Hall–Kier alpha value is -3.49. The summed E-state index contributed by atoms with van der Waals surface area (Å²) in [5, 5.41) is 2.80. The molecule has 2 aromatic carbocycles. The van der Waals surface area contributed by atoms with Gasteiger partial charge in [-0.3, -0.25) is 9.78 Å². The molecule has 0 radical (unpaired) electrons. The average Bonchev–Trinajstić information content (AvgIpc) is 2.78. The first-order chi connectivity index (χ1) is 14.8. The maximum atomic E-state index is 12.8. The van der Waals surface area contributed by atoms with Crippen LogP contribution in [0, 0.1) is 0 Å². The lowest BCUT2D eigenvalue weighted by molar-refractivity contribution is 0.102. The number of sulfonamides is 1. The van der Waals surface area contributed by atoms with Crippen molar-refractivity contribution in [3.8, 4) is 5.75 Å². The quantitative estimate of drug-likeness (QED) is 0.608. The second kappa shape index (κ2) is 9.55. The lowest BCUT2D eigenvalue weighted by atomic mass is 10.1. The van der Waals surface area contributed by atoms with Crippen LogP contribution in [-0.4, -0.2) is 44.8 Å². The highest BCUT2D eigenvalue weighted by molar-refractivity contribution is 7.89. The third kappa shape index (κ3) is 5.36. The summed E-state index contributed by atoms with van der Waals surface area (Å²) in [5.74, 6) is -0.254.